The standard InChI is InChI=1S/C52H66FN13O17P2/c1-29(2)43(61-37(67)9-6-5-7-20-64-39(69)16-17-40(64)70)50(73)59-30(3)48(71)60-32-13-11-31(12-14-32)23-78-52(74)63(4)19-8-10-38(68)62-45-44-47(56-26-54-45)66(28-58-44)41-18-15-33(81-41)24-80-85(77)83-36-21-34(25-79-84(75)76)82-51(36)65-22-35(53)42-46(65)55-27-57-49(42)72/h11-14,16-17,22,26-30,33-34,36,41,43,51,84-85H,5-10,15,18-21,23-25H2,1-4H3,(H,59,73)(H,60,71)(H,61,67)(H,75,76)(H,55,57,72)(H,54,56,62,68)/t30-,33-,34-,36?,41+,43-,51+/m0/s1. The van der Waals surface area contributed by atoms with E-state index in [0.717, 1.165) is 17.4 Å². The van der Waals surface area contributed by atoms with Crippen molar-refractivity contribution >= 4 is 91.7 Å². The molecule has 5 aromatic rings. The maximum atomic E-state index is 14.9. The summed E-state index contributed by atoms with van der Waals surface area (Å²) in [6.45, 7) is 4.94. The number of carbonyl (C=O) groups excluding carboxylic acids is 7. The van der Waals surface area contributed by atoms with E-state index in [-0.39, 0.29) is 99.1 Å². The fourth-order valence-electron chi connectivity index (χ4n) is 9.55. The zero-order valence-corrected chi connectivity index (χ0v) is 48.7. The van der Waals surface area contributed by atoms with Crippen molar-refractivity contribution in [1.29, 1.82) is 0 Å². The normalized spacial score (nSPS) is 20.0. The molecule has 0 aliphatic carbocycles. The second-order valence-corrected chi connectivity index (χ2v) is 22.5. The number of ether oxygens (including phenoxy) is 3. The Balaban J connectivity index is 0.717. The number of benzene rings is 1. The van der Waals surface area contributed by atoms with E-state index in [9.17, 15) is 56.8 Å². The van der Waals surface area contributed by atoms with Crippen LogP contribution in [0, 0.1) is 11.7 Å². The maximum absolute atomic E-state index is 14.9. The molecule has 6 N–H and O–H groups in total. The Labute approximate surface area is 485 Å². The lowest BCUT2D eigenvalue weighted by atomic mass is 10.0. The average molecular weight is 1230 g/mol. The van der Waals surface area contributed by atoms with Gasteiger partial charge in [0.05, 0.1) is 38.1 Å². The lowest BCUT2D eigenvalue weighted by Gasteiger charge is -2.24. The molecule has 30 nitrogen and oxygen atoms in total. The Hall–Kier alpha value is -7.63. The van der Waals surface area contributed by atoms with Crippen molar-refractivity contribution in [2.45, 2.75) is 128 Å². The first-order chi connectivity index (χ1) is 40.7. The second-order valence-electron chi connectivity index (χ2n) is 20.6. The number of hydrogen-bond acceptors (Lipinski definition) is 20. The number of imidazole rings is 1. The smallest absolute Gasteiger partial charge is 0.409 e. The molecule has 0 spiro atoms. The van der Waals surface area contributed by atoms with Crippen LogP contribution < -0.4 is 26.8 Å². The molecule has 7 heterocycles. The molecule has 2 saturated heterocycles. The quantitative estimate of drug-likeness (QED) is 0.0224. The van der Waals surface area contributed by atoms with E-state index in [1.165, 1.54) is 48.2 Å². The lowest BCUT2D eigenvalue weighted by molar-refractivity contribution is -0.137. The molecule has 3 aliphatic rings. The molecule has 4 aromatic heterocycles. The van der Waals surface area contributed by atoms with Gasteiger partial charge in [-0.15, -0.1) is 0 Å². The van der Waals surface area contributed by atoms with Crippen LogP contribution in [0.4, 0.5) is 20.7 Å². The molecule has 0 saturated carbocycles. The van der Waals surface area contributed by atoms with Crippen LogP contribution in [0.5, 0.6) is 0 Å². The van der Waals surface area contributed by atoms with Crippen molar-refractivity contribution in [3.05, 3.63) is 83.3 Å². The van der Waals surface area contributed by atoms with Crippen molar-refractivity contribution in [2.75, 3.05) is 44.0 Å². The zero-order chi connectivity index (χ0) is 60.9. The van der Waals surface area contributed by atoms with Gasteiger partial charge in [-0.3, -0.25) is 52.2 Å². The number of nitrogens with zero attached hydrogens (tertiary/aromatic N) is 8. The van der Waals surface area contributed by atoms with Gasteiger partial charge in [0.25, 0.3) is 17.4 Å². The largest absolute Gasteiger partial charge is 0.445 e. The first-order valence-corrected chi connectivity index (χ1v) is 29.8. The fraction of sp³-hybridized carbons (Fsp3) is 0.500. The summed E-state index contributed by atoms with van der Waals surface area (Å²) in [4.78, 5) is 132. The minimum atomic E-state index is -3.32. The molecule has 3 aliphatic heterocycles. The number of unbranched alkanes of at least 4 members (excludes halogenated alkanes) is 2. The van der Waals surface area contributed by atoms with Gasteiger partial charge in [-0.1, -0.05) is 32.4 Å². The molecule has 2 fully saturated rings. The van der Waals surface area contributed by atoms with Crippen molar-refractivity contribution in [2.24, 2.45) is 5.92 Å². The second kappa shape index (κ2) is 29.5. The zero-order valence-electron chi connectivity index (χ0n) is 46.7. The van der Waals surface area contributed by atoms with E-state index >= 15 is 0 Å². The number of anilines is 2. The van der Waals surface area contributed by atoms with Crippen LogP contribution >= 0.6 is 16.5 Å². The summed E-state index contributed by atoms with van der Waals surface area (Å²) < 4.78 is 76.0. The highest BCUT2D eigenvalue weighted by Crippen LogP contribution is 2.41. The van der Waals surface area contributed by atoms with Gasteiger partial charge in [0.1, 0.15) is 42.7 Å². The van der Waals surface area contributed by atoms with Gasteiger partial charge in [0.15, 0.2) is 34.7 Å². The van der Waals surface area contributed by atoms with E-state index in [4.69, 9.17) is 27.8 Å². The minimum absolute atomic E-state index is 0.00708. The van der Waals surface area contributed by atoms with Crippen LogP contribution in [-0.2, 0) is 72.3 Å². The van der Waals surface area contributed by atoms with Crippen LogP contribution in [0.15, 0.2) is 66.4 Å². The highest BCUT2D eigenvalue weighted by Gasteiger charge is 2.41. The lowest BCUT2D eigenvalue weighted by Crippen LogP contribution is -2.53. The first-order valence-electron chi connectivity index (χ1n) is 27.3. The number of H-pyrrole nitrogens is 1. The number of aromatic nitrogens is 7. The van der Waals surface area contributed by atoms with Crippen molar-refractivity contribution in [3.8, 4) is 0 Å². The summed E-state index contributed by atoms with van der Waals surface area (Å²) in [6, 6.07) is 4.68. The van der Waals surface area contributed by atoms with Crippen LogP contribution in [0.3, 0.4) is 0 Å². The van der Waals surface area contributed by atoms with E-state index in [1.807, 2.05) is 0 Å². The van der Waals surface area contributed by atoms with E-state index in [1.54, 1.807) is 42.7 Å². The monoisotopic (exact) mass is 1230 g/mol. The Bertz CT molecular complexity index is 3380. The molecule has 458 valence electrons. The molecule has 33 heteroatoms. The Morgan fingerprint density at radius 2 is 1.59 bits per heavy atom. The molecule has 1 aromatic carbocycles. The number of aromatic amines is 1. The topological polar surface area (TPSA) is 378 Å². The van der Waals surface area contributed by atoms with Crippen LogP contribution in [-0.4, -0.2) is 154 Å². The number of fused-ring (bicyclic) bond motifs is 2. The Kier molecular flexibility index (Phi) is 22.0. The molecule has 0 bridgehead atoms. The van der Waals surface area contributed by atoms with Crippen LogP contribution in [0.2, 0.25) is 0 Å². The Morgan fingerprint density at radius 3 is 2.33 bits per heavy atom. The van der Waals surface area contributed by atoms with Gasteiger partial charge in [0.2, 0.25) is 23.6 Å². The molecule has 8 rings (SSSR count). The maximum Gasteiger partial charge on any atom is 0.409 e. The number of halogens is 1. The molecule has 9 atom stereocenters. The predicted molar refractivity (Wildman–Crippen MR) is 299 cm³/mol. The van der Waals surface area contributed by atoms with E-state index in [2.05, 4.69) is 46.2 Å². The van der Waals surface area contributed by atoms with Crippen LogP contribution in [0.25, 0.3) is 22.2 Å². The van der Waals surface area contributed by atoms with Crippen LogP contribution in [0.1, 0.15) is 96.6 Å². The summed E-state index contributed by atoms with van der Waals surface area (Å²) in [5, 5.41) is 10.6. The van der Waals surface area contributed by atoms with E-state index < -0.39 is 94.6 Å². The molecular weight excluding hydrogens is 1160 g/mol. The third-order valence-electron chi connectivity index (χ3n) is 14.0. The Morgan fingerprint density at radius 1 is 0.847 bits per heavy atom. The summed E-state index contributed by atoms with van der Waals surface area (Å²) in [7, 11) is -5.05. The SMILES string of the molecule is CC(C)[C@H](NC(=O)CCCCCN1C(=O)C=CC1=O)C(=O)N[C@@H](C)C(=O)Nc1ccc(COC(=O)N(C)CCCC(=O)Nc2ncnc3c2ncn3[C@H]2CC[C@@H](CO[PH](=O)OC3C[C@@H](CO[PH](=O)O)O[C@H]3n3cc(F)c4c(=O)[nH]cnc43)O2)cc1. The molecule has 0 radical (unpaired) electrons. The summed E-state index contributed by atoms with van der Waals surface area (Å²) in [5.41, 5.74) is 0.898. The predicted octanol–water partition coefficient (Wildman–Crippen LogP) is 3.92. The minimum Gasteiger partial charge on any atom is -0.445 e. The fourth-order valence-corrected chi connectivity index (χ4v) is 10.7. The highest BCUT2D eigenvalue weighted by atomic mass is 31.1. The molecule has 7 amide bonds. The number of rotatable bonds is 29. The number of nitrogens with one attached hydrogen (secondary N) is 5. The highest BCUT2D eigenvalue weighted by molar-refractivity contribution is 7.33. The number of hydrogen-bond donors (Lipinski definition) is 6. The summed E-state index contributed by atoms with van der Waals surface area (Å²) >= 11 is 0. The third-order valence-corrected chi connectivity index (χ3v) is 15.3. The van der Waals surface area contributed by atoms with Gasteiger partial charge < -0.3 is 68.4 Å². The third kappa shape index (κ3) is 16.8. The number of amides is 7. The van der Waals surface area contributed by atoms with Crippen molar-refractivity contribution in [1.82, 2.24) is 54.5 Å². The van der Waals surface area contributed by atoms with Gasteiger partial charge in [-0.25, -0.2) is 29.1 Å². The van der Waals surface area contributed by atoms with Gasteiger partial charge in [-0.05, 0) is 62.6 Å². The van der Waals surface area contributed by atoms with Crippen molar-refractivity contribution in [3.63, 3.8) is 0 Å². The molecular formula is C52H66FN13O17P2. The van der Waals surface area contributed by atoms with Crippen molar-refractivity contribution < 1.29 is 79.8 Å². The number of imide groups is 1. The molecule has 3 unspecified atom stereocenters. The summed E-state index contributed by atoms with van der Waals surface area (Å²) in [6.07, 6.45) is 5.52. The average Bonchev–Trinajstić information content (AvgIpc) is 2.02. The molecule has 85 heavy (non-hydrogen) atoms. The van der Waals surface area contributed by atoms with Gasteiger partial charge >= 0.3 is 22.6 Å². The number of carbonyl (C=O) groups is 7. The van der Waals surface area contributed by atoms with E-state index in [0.29, 0.717) is 54.5 Å². The summed E-state index contributed by atoms with van der Waals surface area (Å²) in [5.74, 6) is -3.50. The van der Waals surface area contributed by atoms with Gasteiger partial charge in [0, 0.05) is 63.4 Å². The first kappa shape index (κ1) is 63.4. The van der Waals surface area contributed by atoms with Gasteiger partial charge in [-0.2, -0.15) is 0 Å².